The van der Waals surface area contributed by atoms with E-state index in [0.717, 1.165) is 28.5 Å². The third kappa shape index (κ3) is 6.25. The Bertz CT molecular complexity index is 1710. The fourth-order valence-electron chi connectivity index (χ4n) is 4.19. The van der Waals surface area contributed by atoms with Crippen molar-refractivity contribution >= 4 is 44.2 Å². The number of hydrogen-bond donors (Lipinski definition) is 2. The lowest BCUT2D eigenvalue weighted by molar-refractivity contribution is -0.133. The highest BCUT2D eigenvalue weighted by molar-refractivity contribution is 8.00. The summed E-state index contributed by atoms with van der Waals surface area (Å²) in [4.78, 5) is 12.0. The van der Waals surface area contributed by atoms with Crippen molar-refractivity contribution in [3.05, 3.63) is 121 Å². The van der Waals surface area contributed by atoms with E-state index in [-0.39, 0.29) is 17.3 Å². The van der Waals surface area contributed by atoms with E-state index in [2.05, 4.69) is 4.72 Å². The van der Waals surface area contributed by atoms with Crippen molar-refractivity contribution in [2.24, 2.45) is 0 Å². The summed E-state index contributed by atoms with van der Waals surface area (Å²) in [5.41, 5.74) is 3.20. The molecule has 0 radical (unpaired) electrons. The summed E-state index contributed by atoms with van der Waals surface area (Å²) in [5.74, 6) is -0.675. The molecule has 0 atom stereocenters. The molecule has 5 aromatic rings. The van der Waals surface area contributed by atoms with Crippen molar-refractivity contribution in [1.82, 2.24) is 0 Å². The smallest absolute Gasteiger partial charge is 0.313 e. The molecule has 0 fully saturated rings. The van der Waals surface area contributed by atoms with Crippen LogP contribution in [-0.4, -0.2) is 25.2 Å². The first-order valence-electron chi connectivity index (χ1n) is 12.2. The van der Waals surface area contributed by atoms with Gasteiger partial charge in [-0.1, -0.05) is 97.1 Å². The van der Waals surface area contributed by atoms with Gasteiger partial charge in [0.1, 0.15) is 12.4 Å². The van der Waals surface area contributed by atoms with E-state index in [0.29, 0.717) is 27.1 Å². The van der Waals surface area contributed by atoms with Gasteiger partial charge >= 0.3 is 5.97 Å². The zero-order valence-electron chi connectivity index (χ0n) is 20.8. The number of carbonyl (C=O) groups is 1. The Hall–Kier alpha value is -4.27. The summed E-state index contributed by atoms with van der Waals surface area (Å²) in [6, 6.07) is 35.0. The molecule has 0 heterocycles. The van der Waals surface area contributed by atoms with Gasteiger partial charge in [-0.25, -0.2) is 8.42 Å². The van der Waals surface area contributed by atoms with E-state index in [4.69, 9.17) is 4.74 Å². The molecule has 2 N–H and O–H groups in total. The molecule has 5 aromatic carbocycles. The normalized spacial score (nSPS) is 11.3. The van der Waals surface area contributed by atoms with Crippen molar-refractivity contribution in [2.75, 3.05) is 10.5 Å². The van der Waals surface area contributed by atoms with Gasteiger partial charge in [0.05, 0.1) is 21.2 Å². The molecule has 0 saturated carbocycles. The molecule has 0 amide bonds. The Balaban J connectivity index is 1.51. The quantitative estimate of drug-likeness (QED) is 0.179. The molecule has 5 rings (SSSR count). The molecule has 6 nitrogen and oxygen atoms in total. The summed E-state index contributed by atoms with van der Waals surface area (Å²) >= 11 is 1.08. The molecule has 0 bridgehead atoms. The Labute approximate surface area is 231 Å². The second-order valence-electron chi connectivity index (χ2n) is 8.75. The Morgan fingerprint density at radius 1 is 0.769 bits per heavy atom. The molecule has 0 aliphatic rings. The molecule has 0 saturated heterocycles. The number of carboxylic acids is 1. The van der Waals surface area contributed by atoms with Crippen LogP contribution in [0.2, 0.25) is 0 Å². The zero-order valence-corrected chi connectivity index (χ0v) is 22.4. The van der Waals surface area contributed by atoms with Gasteiger partial charge in [-0.05, 0) is 34.9 Å². The maximum absolute atomic E-state index is 13.4. The summed E-state index contributed by atoms with van der Waals surface area (Å²) < 4.78 is 35.8. The van der Waals surface area contributed by atoms with Gasteiger partial charge in [-0.3, -0.25) is 9.52 Å². The van der Waals surface area contributed by atoms with Crippen molar-refractivity contribution in [1.29, 1.82) is 0 Å². The van der Waals surface area contributed by atoms with E-state index in [9.17, 15) is 18.3 Å². The topological polar surface area (TPSA) is 92.7 Å². The van der Waals surface area contributed by atoms with E-state index in [1.807, 2.05) is 84.9 Å². The van der Waals surface area contributed by atoms with Crippen LogP contribution in [0, 0.1) is 0 Å². The number of sulfonamides is 1. The minimum absolute atomic E-state index is 0.121. The first-order chi connectivity index (χ1) is 18.9. The van der Waals surface area contributed by atoms with Crippen LogP contribution >= 0.6 is 11.8 Å². The lowest BCUT2D eigenvalue weighted by Crippen LogP contribution is -2.13. The van der Waals surface area contributed by atoms with E-state index in [1.54, 1.807) is 30.3 Å². The monoisotopic (exact) mass is 555 g/mol. The molecule has 8 heteroatoms. The number of benzene rings is 5. The fraction of sp³-hybridized carbons (Fsp3) is 0.0645. The lowest BCUT2D eigenvalue weighted by atomic mass is 10.1. The van der Waals surface area contributed by atoms with Gasteiger partial charge in [0.2, 0.25) is 0 Å². The van der Waals surface area contributed by atoms with Gasteiger partial charge in [-0.2, -0.15) is 0 Å². The van der Waals surface area contributed by atoms with Gasteiger partial charge in [0, 0.05) is 10.8 Å². The van der Waals surface area contributed by atoms with Crippen molar-refractivity contribution in [2.45, 2.75) is 16.4 Å². The van der Waals surface area contributed by atoms with Gasteiger partial charge < -0.3 is 9.84 Å². The molecule has 0 aromatic heterocycles. The number of rotatable bonds is 10. The predicted molar refractivity (Wildman–Crippen MR) is 156 cm³/mol. The number of aliphatic carboxylic acids is 1. The molecule has 39 heavy (non-hydrogen) atoms. The standard InChI is InChI=1S/C31H25NO5S2/c33-30(34)21-38-29-19-28(26-13-7-8-14-27(26)31(29)37-20-22-9-3-1-4-10-22)32-39(35,36)25-17-15-24(16-18-25)23-11-5-2-6-12-23/h1-19,32H,20-21H2,(H,33,34). The average Bonchev–Trinajstić information content (AvgIpc) is 2.96. The second-order valence-corrected chi connectivity index (χ2v) is 11.4. The van der Waals surface area contributed by atoms with E-state index >= 15 is 0 Å². The number of hydrogen-bond acceptors (Lipinski definition) is 5. The van der Waals surface area contributed by atoms with Crippen LogP contribution in [0.5, 0.6) is 5.75 Å². The summed E-state index contributed by atoms with van der Waals surface area (Å²) in [6.07, 6.45) is 0. The second kappa shape index (κ2) is 11.6. The van der Waals surface area contributed by atoms with Crippen LogP contribution in [0.3, 0.4) is 0 Å². The first kappa shape index (κ1) is 26.3. The maximum atomic E-state index is 13.4. The third-order valence-electron chi connectivity index (χ3n) is 6.05. The van der Waals surface area contributed by atoms with Gasteiger partial charge in [-0.15, -0.1) is 11.8 Å². The fourth-order valence-corrected chi connectivity index (χ4v) is 6.04. The summed E-state index contributed by atoms with van der Waals surface area (Å²) in [7, 11) is -3.94. The van der Waals surface area contributed by atoms with Crippen LogP contribution < -0.4 is 9.46 Å². The zero-order chi connectivity index (χ0) is 27.2. The van der Waals surface area contributed by atoms with Crippen LogP contribution in [0.4, 0.5) is 5.69 Å². The number of thioether (sulfide) groups is 1. The highest BCUT2D eigenvalue weighted by Gasteiger charge is 2.20. The lowest BCUT2D eigenvalue weighted by Gasteiger charge is -2.18. The number of fused-ring (bicyclic) bond motifs is 1. The Morgan fingerprint density at radius 2 is 1.36 bits per heavy atom. The van der Waals surface area contributed by atoms with Crippen LogP contribution in [0.1, 0.15) is 5.56 Å². The molecule has 196 valence electrons. The number of anilines is 1. The van der Waals surface area contributed by atoms with Gasteiger partial charge in [0.15, 0.2) is 0 Å². The van der Waals surface area contributed by atoms with E-state index < -0.39 is 16.0 Å². The van der Waals surface area contributed by atoms with Crippen molar-refractivity contribution in [3.8, 4) is 16.9 Å². The SMILES string of the molecule is O=C(O)CSc1cc(NS(=O)(=O)c2ccc(-c3ccccc3)cc2)c2ccccc2c1OCc1ccccc1. The van der Waals surface area contributed by atoms with Gasteiger partial charge in [0.25, 0.3) is 10.0 Å². The Morgan fingerprint density at radius 3 is 2.03 bits per heavy atom. The minimum Gasteiger partial charge on any atom is -0.487 e. The number of carboxylic acid groups (broad SMARTS) is 1. The molecule has 0 spiro atoms. The van der Waals surface area contributed by atoms with Crippen LogP contribution in [0.25, 0.3) is 21.9 Å². The third-order valence-corrected chi connectivity index (χ3v) is 8.44. The van der Waals surface area contributed by atoms with Crippen molar-refractivity contribution < 1.29 is 23.1 Å². The first-order valence-corrected chi connectivity index (χ1v) is 14.6. The van der Waals surface area contributed by atoms with Crippen LogP contribution in [-0.2, 0) is 21.4 Å². The maximum Gasteiger partial charge on any atom is 0.313 e. The Kier molecular flexibility index (Phi) is 7.86. The molecule has 0 aliphatic heterocycles. The van der Waals surface area contributed by atoms with E-state index in [1.165, 1.54) is 0 Å². The predicted octanol–water partition coefficient (Wildman–Crippen LogP) is 7.06. The molecular formula is C31H25NO5S2. The average molecular weight is 556 g/mol. The summed E-state index contributed by atoms with van der Waals surface area (Å²) in [6.45, 7) is 0.282. The number of nitrogens with one attached hydrogen (secondary N) is 1. The number of ether oxygens (including phenoxy) is 1. The highest BCUT2D eigenvalue weighted by Crippen LogP contribution is 2.41. The highest BCUT2D eigenvalue weighted by atomic mass is 32.2. The molecule has 0 unspecified atom stereocenters. The summed E-state index contributed by atoms with van der Waals surface area (Å²) in [5, 5.41) is 10.6. The van der Waals surface area contributed by atoms with Crippen LogP contribution in [0.15, 0.2) is 125 Å². The molecular weight excluding hydrogens is 530 g/mol. The minimum atomic E-state index is -3.94. The molecule has 0 aliphatic carbocycles. The largest absolute Gasteiger partial charge is 0.487 e. The van der Waals surface area contributed by atoms with Crippen molar-refractivity contribution in [3.63, 3.8) is 0 Å².